The molecular weight excluding hydrogens is 442 g/mol. The molecule has 0 unspecified atom stereocenters. The Morgan fingerprint density at radius 2 is 1.59 bits per heavy atom. The molecule has 1 aliphatic heterocycles. The van der Waals surface area contributed by atoms with E-state index in [9.17, 15) is 0 Å². The van der Waals surface area contributed by atoms with Crippen LogP contribution in [0, 0.1) is 5.92 Å². The summed E-state index contributed by atoms with van der Waals surface area (Å²) >= 11 is 1.39. The van der Waals surface area contributed by atoms with Crippen molar-refractivity contribution in [2.45, 2.75) is 32.1 Å². The van der Waals surface area contributed by atoms with Crippen molar-refractivity contribution in [3.8, 4) is 11.5 Å². The molecule has 0 aromatic heterocycles. The van der Waals surface area contributed by atoms with E-state index < -0.39 is 0 Å². The van der Waals surface area contributed by atoms with Gasteiger partial charge in [-0.25, -0.2) is 4.40 Å². The van der Waals surface area contributed by atoms with Gasteiger partial charge < -0.3 is 14.4 Å². The van der Waals surface area contributed by atoms with Gasteiger partial charge in [0.2, 0.25) is 0 Å². The fraction of sp³-hybridized carbons (Fsp3) is 0.429. The van der Waals surface area contributed by atoms with E-state index in [0.29, 0.717) is 12.5 Å². The molecule has 0 radical (unpaired) electrons. The van der Waals surface area contributed by atoms with E-state index in [1.165, 1.54) is 49.0 Å². The molecule has 1 saturated heterocycles. The zero-order chi connectivity index (χ0) is 24.4. The van der Waals surface area contributed by atoms with Crippen LogP contribution in [0.1, 0.15) is 37.8 Å². The molecule has 1 heterocycles. The Hall–Kier alpha value is -2.57. The lowest BCUT2D eigenvalue weighted by atomic mass is 9.78. The molecule has 2 aromatic carbocycles. The Morgan fingerprint density at radius 3 is 2.12 bits per heavy atom. The zero-order valence-corrected chi connectivity index (χ0v) is 21.7. The molecule has 0 spiro atoms. The topological polar surface area (TPSA) is 46.4 Å². The predicted octanol–water partition coefficient (Wildman–Crippen LogP) is 6.05. The number of ether oxygens (including phenoxy) is 2. The van der Waals surface area contributed by atoms with Crippen molar-refractivity contribution in [2.75, 3.05) is 39.6 Å². The summed E-state index contributed by atoms with van der Waals surface area (Å²) in [5, 5.41) is 0. The van der Waals surface area contributed by atoms with Crippen LogP contribution in [0.15, 0.2) is 70.2 Å². The second-order valence-electron chi connectivity index (χ2n) is 9.28. The quantitative estimate of drug-likeness (QED) is 0.291. The summed E-state index contributed by atoms with van der Waals surface area (Å²) in [6.45, 7) is 11.5. The van der Waals surface area contributed by atoms with Crippen LogP contribution in [0.25, 0.3) is 0 Å². The van der Waals surface area contributed by atoms with E-state index in [4.69, 9.17) is 9.47 Å². The highest BCUT2D eigenvalue weighted by Gasteiger charge is 2.23. The molecule has 0 saturated carbocycles. The smallest absolute Gasteiger partial charge is 0.131 e. The van der Waals surface area contributed by atoms with Gasteiger partial charge >= 0.3 is 0 Å². The molecule has 5 nitrogen and oxygen atoms in total. The molecule has 34 heavy (non-hydrogen) atoms. The second kappa shape index (κ2) is 12.8. The van der Waals surface area contributed by atoms with Crippen molar-refractivity contribution in [3.05, 3.63) is 71.9 Å². The number of likely N-dealkylation sites (tertiary alicyclic amines) is 1. The highest BCUT2D eigenvalue weighted by molar-refractivity contribution is 7.97. The molecular formula is C28H37N3O2S. The molecule has 0 amide bonds. The largest absolute Gasteiger partial charge is 0.493 e. The van der Waals surface area contributed by atoms with Gasteiger partial charge in [-0.3, -0.25) is 4.99 Å². The molecule has 0 aliphatic carbocycles. The summed E-state index contributed by atoms with van der Waals surface area (Å²) in [4.78, 5) is 6.13. The minimum Gasteiger partial charge on any atom is -0.493 e. The summed E-state index contributed by atoms with van der Waals surface area (Å²) in [6.07, 6.45) is 7.78. The van der Waals surface area contributed by atoms with Crippen LogP contribution in [0.5, 0.6) is 11.5 Å². The van der Waals surface area contributed by atoms with Crippen LogP contribution in [-0.2, 0) is 5.41 Å². The van der Waals surface area contributed by atoms with Crippen LogP contribution in [0.4, 0.5) is 0 Å². The molecule has 0 bridgehead atoms. The van der Waals surface area contributed by atoms with Gasteiger partial charge in [0.25, 0.3) is 0 Å². The zero-order valence-electron chi connectivity index (χ0n) is 20.9. The first-order chi connectivity index (χ1) is 16.4. The molecule has 1 fully saturated rings. The number of benzene rings is 2. The predicted molar refractivity (Wildman–Crippen MR) is 146 cm³/mol. The van der Waals surface area contributed by atoms with Gasteiger partial charge in [0.05, 0.1) is 12.3 Å². The minimum absolute atomic E-state index is 0.130. The molecule has 0 N–H and O–H groups in total. The van der Waals surface area contributed by atoms with Crippen molar-refractivity contribution >= 4 is 24.4 Å². The third-order valence-corrected chi connectivity index (χ3v) is 6.86. The number of nitrogens with zero attached hydrogens (tertiary/aromatic N) is 3. The second-order valence-corrected chi connectivity index (χ2v) is 9.83. The Balaban J connectivity index is 1.57. The summed E-state index contributed by atoms with van der Waals surface area (Å²) in [5.41, 5.74) is 3.16. The van der Waals surface area contributed by atoms with E-state index in [0.717, 1.165) is 23.8 Å². The Labute approximate surface area is 209 Å². The van der Waals surface area contributed by atoms with E-state index in [2.05, 4.69) is 78.3 Å². The van der Waals surface area contributed by atoms with Crippen molar-refractivity contribution in [3.63, 3.8) is 0 Å². The van der Waals surface area contributed by atoms with Crippen molar-refractivity contribution in [1.82, 2.24) is 4.90 Å². The highest BCUT2D eigenvalue weighted by Crippen LogP contribution is 2.33. The normalized spacial score (nSPS) is 16.1. The van der Waals surface area contributed by atoms with Crippen LogP contribution in [-0.4, -0.2) is 56.9 Å². The lowest BCUT2D eigenvalue weighted by Gasteiger charge is -2.29. The SMILES string of the molecule is C=N/C=C\C(COc1ccc(C(C)(C)c2ccc(OCC3CCN(C)CC3)cc2)cc1)=NSC. The molecule has 182 valence electrons. The van der Waals surface area contributed by atoms with Crippen LogP contribution in [0.3, 0.4) is 0 Å². The van der Waals surface area contributed by atoms with E-state index in [1.807, 2.05) is 24.5 Å². The Morgan fingerprint density at radius 1 is 1.03 bits per heavy atom. The van der Waals surface area contributed by atoms with Crippen molar-refractivity contribution < 1.29 is 9.47 Å². The third kappa shape index (κ3) is 7.47. The minimum atomic E-state index is -0.130. The third-order valence-electron chi connectivity index (χ3n) is 6.44. The van der Waals surface area contributed by atoms with Gasteiger partial charge in [-0.15, -0.1) is 0 Å². The van der Waals surface area contributed by atoms with Gasteiger partial charge in [0.15, 0.2) is 0 Å². The molecule has 2 aromatic rings. The standard InChI is InChI=1S/C28H37N3O2S/c1-28(2,23-6-10-26(11-7-23)32-20-22-15-18-31(4)19-16-22)24-8-12-27(13-9-24)33-21-25(30-34-5)14-17-29-3/h6-14,17,22H,3,15-16,18-21H2,1-2,4-5H3/b17-14-,30-25?. The van der Waals surface area contributed by atoms with Gasteiger partial charge in [-0.05, 0) is 99.0 Å². The Bertz CT molecular complexity index is 960. The van der Waals surface area contributed by atoms with E-state index >= 15 is 0 Å². The lowest BCUT2D eigenvalue weighted by Crippen LogP contribution is -2.32. The van der Waals surface area contributed by atoms with Crippen LogP contribution in [0.2, 0.25) is 0 Å². The summed E-state index contributed by atoms with van der Waals surface area (Å²) in [7, 11) is 2.19. The maximum absolute atomic E-state index is 6.10. The number of hydrogen-bond donors (Lipinski definition) is 0. The van der Waals surface area contributed by atoms with E-state index in [1.54, 1.807) is 6.20 Å². The molecule has 3 rings (SSSR count). The average Bonchev–Trinajstić information content (AvgIpc) is 2.86. The van der Waals surface area contributed by atoms with Crippen LogP contribution >= 0.6 is 11.9 Å². The van der Waals surface area contributed by atoms with E-state index in [-0.39, 0.29) is 5.41 Å². The Kier molecular flexibility index (Phi) is 9.78. The first-order valence-corrected chi connectivity index (χ1v) is 13.0. The van der Waals surface area contributed by atoms with Gasteiger partial charge in [-0.2, -0.15) is 0 Å². The monoisotopic (exact) mass is 479 g/mol. The summed E-state index contributed by atoms with van der Waals surface area (Å²) in [5.74, 6) is 2.42. The maximum atomic E-state index is 6.10. The molecule has 6 heteroatoms. The van der Waals surface area contributed by atoms with Gasteiger partial charge in [0.1, 0.15) is 18.1 Å². The maximum Gasteiger partial charge on any atom is 0.131 e. The average molecular weight is 480 g/mol. The number of piperidine rings is 1. The fourth-order valence-electron chi connectivity index (χ4n) is 4.06. The first-order valence-electron chi connectivity index (χ1n) is 11.8. The lowest BCUT2D eigenvalue weighted by molar-refractivity contribution is 0.160. The highest BCUT2D eigenvalue weighted by atomic mass is 32.2. The number of hydrogen-bond acceptors (Lipinski definition) is 6. The van der Waals surface area contributed by atoms with Gasteiger partial charge in [-0.1, -0.05) is 38.1 Å². The summed E-state index contributed by atoms with van der Waals surface area (Å²) < 4.78 is 16.4. The molecule has 0 atom stereocenters. The number of rotatable bonds is 11. The van der Waals surface area contributed by atoms with Crippen LogP contribution < -0.4 is 9.47 Å². The van der Waals surface area contributed by atoms with Crippen molar-refractivity contribution in [1.29, 1.82) is 0 Å². The van der Waals surface area contributed by atoms with Gasteiger partial charge in [0, 0.05) is 17.9 Å². The summed E-state index contributed by atoms with van der Waals surface area (Å²) in [6, 6.07) is 16.9. The molecule has 1 aliphatic rings. The first kappa shape index (κ1) is 26.0. The number of aliphatic imine (C=N–C) groups is 1. The van der Waals surface area contributed by atoms with Crippen molar-refractivity contribution in [2.24, 2.45) is 15.3 Å². The fourth-order valence-corrected chi connectivity index (χ4v) is 4.41.